The molecule has 1 saturated heterocycles. The van der Waals surface area contributed by atoms with Crippen molar-refractivity contribution in [2.24, 2.45) is 4.99 Å². The summed E-state index contributed by atoms with van der Waals surface area (Å²) in [7, 11) is 1.59. The molecule has 2 amide bonds. The molecule has 8 nitrogen and oxygen atoms in total. The molecule has 2 aromatic carbocycles. The van der Waals surface area contributed by atoms with Gasteiger partial charge in [0.15, 0.2) is 5.17 Å². The average Bonchev–Trinajstić information content (AvgIpc) is 3.44. The van der Waals surface area contributed by atoms with E-state index < -0.39 is 11.2 Å². The molecule has 2 heterocycles. The van der Waals surface area contributed by atoms with E-state index in [0.29, 0.717) is 28.8 Å². The Morgan fingerprint density at radius 2 is 1.85 bits per heavy atom. The molecule has 2 N–H and O–H groups in total. The fourth-order valence-corrected chi connectivity index (χ4v) is 5.12. The molecule has 0 bridgehead atoms. The van der Waals surface area contributed by atoms with Crippen molar-refractivity contribution in [3.05, 3.63) is 76.5 Å². The minimum absolute atomic E-state index is 0.0350. The molecule has 0 aliphatic carbocycles. The van der Waals surface area contributed by atoms with Gasteiger partial charge in [-0.05, 0) is 60.0 Å². The van der Waals surface area contributed by atoms with Crippen molar-refractivity contribution in [3.63, 3.8) is 0 Å². The third kappa shape index (κ3) is 5.64. The van der Waals surface area contributed by atoms with Crippen molar-refractivity contribution >= 4 is 57.4 Å². The number of hydrogen-bond acceptors (Lipinski definition) is 7. The molecule has 0 radical (unpaired) electrons. The number of carboxylic acid groups (broad SMARTS) is 1. The largest absolute Gasteiger partial charge is 0.497 e. The van der Waals surface area contributed by atoms with Gasteiger partial charge in [0.1, 0.15) is 11.0 Å². The number of ether oxygens (including phenoxy) is 1. The third-order valence-electron chi connectivity index (χ3n) is 5.00. The van der Waals surface area contributed by atoms with E-state index in [1.54, 1.807) is 47.6 Å². The molecule has 10 heteroatoms. The summed E-state index contributed by atoms with van der Waals surface area (Å²) in [6.07, 6.45) is -0.0350. The number of aliphatic imine (C=N–C) groups is 1. The molecule has 174 valence electrons. The standard InChI is InChI=1S/C24H21N3O5S2/c1-32-18-10-8-17(9-11-18)26-24-27(14-19-3-2-12-33-19)22(29)20(34-24)13-21(28)25-16-6-4-15(5-7-16)23(30)31/h2-12,20H,13-14H2,1H3,(H,25,28)(H,30,31). The third-order valence-corrected chi connectivity index (χ3v) is 7.03. The lowest BCUT2D eigenvalue weighted by atomic mass is 10.2. The SMILES string of the molecule is COc1ccc(N=C2SC(CC(=O)Nc3ccc(C(=O)O)cc3)C(=O)N2Cc2cccs2)cc1. The van der Waals surface area contributed by atoms with E-state index in [-0.39, 0.29) is 23.8 Å². The van der Waals surface area contributed by atoms with Crippen molar-refractivity contribution in [2.45, 2.75) is 18.2 Å². The van der Waals surface area contributed by atoms with Crippen LogP contribution in [0, 0.1) is 0 Å². The number of thiophene rings is 1. The average molecular weight is 496 g/mol. The molecule has 0 spiro atoms. The van der Waals surface area contributed by atoms with E-state index in [0.717, 1.165) is 4.88 Å². The minimum atomic E-state index is -1.04. The van der Waals surface area contributed by atoms with Gasteiger partial charge in [-0.2, -0.15) is 0 Å². The van der Waals surface area contributed by atoms with Gasteiger partial charge in [0.05, 0.1) is 24.9 Å². The fraction of sp³-hybridized carbons (Fsp3) is 0.167. The molecule has 1 fully saturated rings. The van der Waals surface area contributed by atoms with Crippen LogP contribution in [0.3, 0.4) is 0 Å². The van der Waals surface area contributed by atoms with Gasteiger partial charge in [-0.3, -0.25) is 14.5 Å². The number of methoxy groups -OCH3 is 1. The lowest BCUT2D eigenvalue weighted by Crippen LogP contribution is -2.32. The number of carboxylic acids is 1. The highest BCUT2D eigenvalue weighted by Crippen LogP contribution is 2.34. The Kier molecular flexibility index (Phi) is 7.29. The van der Waals surface area contributed by atoms with Crippen LogP contribution in [0.4, 0.5) is 11.4 Å². The second-order valence-corrected chi connectivity index (χ2v) is 9.54. The van der Waals surface area contributed by atoms with Crippen LogP contribution in [0.5, 0.6) is 5.75 Å². The predicted molar refractivity (Wildman–Crippen MR) is 133 cm³/mol. The molecule has 34 heavy (non-hydrogen) atoms. The van der Waals surface area contributed by atoms with Crippen molar-refractivity contribution in [1.82, 2.24) is 4.90 Å². The number of thioether (sulfide) groups is 1. The van der Waals surface area contributed by atoms with Crippen LogP contribution in [0.15, 0.2) is 71.0 Å². The van der Waals surface area contributed by atoms with Gasteiger partial charge in [0.2, 0.25) is 11.8 Å². The zero-order valence-corrected chi connectivity index (χ0v) is 19.8. The lowest BCUT2D eigenvalue weighted by molar-refractivity contribution is -0.128. The van der Waals surface area contributed by atoms with E-state index in [1.165, 1.54) is 36.0 Å². The number of amidine groups is 1. The van der Waals surface area contributed by atoms with Gasteiger partial charge in [-0.1, -0.05) is 17.8 Å². The summed E-state index contributed by atoms with van der Waals surface area (Å²) in [6.45, 7) is 0.382. The number of amides is 2. The second kappa shape index (κ2) is 10.5. The van der Waals surface area contributed by atoms with E-state index in [2.05, 4.69) is 10.3 Å². The molecule has 0 saturated carbocycles. The number of anilines is 1. The number of nitrogens with one attached hydrogen (secondary N) is 1. The van der Waals surface area contributed by atoms with E-state index in [1.807, 2.05) is 17.5 Å². The van der Waals surface area contributed by atoms with Crippen molar-refractivity contribution in [2.75, 3.05) is 12.4 Å². The Labute approximate surface area is 204 Å². The number of carbonyl (C=O) groups is 3. The predicted octanol–water partition coefficient (Wildman–Crippen LogP) is 4.62. The van der Waals surface area contributed by atoms with E-state index >= 15 is 0 Å². The number of carbonyl (C=O) groups excluding carboxylic acids is 2. The van der Waals surface area contributed by atoms with Gasteiger partial charge in [0.25, 0.3) is 0 Å². The molecular weight excluding hydrogens is 474 g/mol. The normalized spacial score (nSPS) is 16.6. The quantitative estimate of drug-likeness (QED) is 0.472. The highest BCUT2D eigenvalue weighted by molar-refractivity contribution is 8.15. The van der Waals surface area contributed by atoms with Crippen molar-refractivity contribution in [3.8, 4) is 5.75 Å². The molecule has 4 rings (SSSR count). The van der Waals surface area contributed by atoms with Crippen LogP contribution in [-0.4, -0.2) is 45.3 Å². The number of nitrogens with zero attached hydrogens (tertiary/aromatic N) is 2. The summed E-state index contributed by atoms with van der Waals surface area (Å²) in [4.78, 5) is 44.1. The van der Waals surface area contributed by atoms with Crippen molar-refractivity contribution in [1.29, 1.82) is 0 Å². The first-order chi connectivity index (χ1) is 16.4. The maximum atomic E-state index is 13.2. The van der Waals surface area contributed by atoms with Crippen molar-refractivity contribution < 1.29 is 24.2 Å². The van der Waals surface area contributed by atoms with Gasteiger partial charge >= 0.3 is 5.97 Å². The first-order valence-corrected chi connectivity index (χ1v) is 12.1. The summed E-state index contributed by atoms with van der Waals surface area (Å²) < 4.78 is 5.18. The molecule has 1 aromatic heterocycles. The highest BCUT2D eigenvalue weighted by Gasteiger charge is 2.39. The first kappa shape index (κ1) is 23.5. The second-order valence-electron chi connectivity index (χ2n) is 7.34. The monoisotopic (exact) mass is 495 g/mol. The van der Waals surface area contributed by atoms with Gasteiger partial charge in [0, 0.05) is 17.0 Å². The van der Waals surface area contributed by atoms with Crippen LogP contribution in [0.25, 0.3) is 0 Å². The Morgan fingerprint density at radius 3 is 2.47 bits per heavy atom. The highest BCUT2D eigenvalue weighted by atomic mass is 32.2. The van der Waals surface area contributed by atoms with Crippen LogP contribution in [0.1, 0.15) is 21.7 Å². The molecule has 1 aliphatic rings. The van der Waals surface area contributed by atoms with Crippen LogP contribution >= 0.6 is 23.1 Å². The number of benzene rings is 2. The molecular formula is C24H21N3O5S2. The Hall–Kier alpha value is -3.63. The molecule has 1 atom stereocenters. The maximum absolute atomic E-state index is 13.2. The summed E-state index contributed by atoms with van der Waals surface area (Å²) >= 11 is 2.81. The van der Waals surface area contributed by atoms with Gasteiger partial charge < -0.3 is 15.2 Å². The summed E-state index contributed by atoms with van der Waals surface area (Å²) in [6, 6.07) is 16.9. The zero-order valence-electron chi connectivity index (χ0n) is 18.1. The zero-order chi connectivity index (χ0) is 24.1. The molecule has 1 unspecified atom stereocenters. The summed E-state index contributed by atoms with van der Waals surface area (Å²) in [5, 5.41) is 13.6. The molecule has 3 aromatic rings. The van der Waals surface area contributed by atoms with Crippen LogP contribution < -0.4 is 10.1 Å². The summed E-state index contributed by atoms with van der Waals surface area (Å²) in [5.41, 5.74) is 1.27. The maximum Gasteiger partial charge on any atom is 0.335 e. The first-order valence-electron chi connectivity index (χ1n) is 10.3. The Morgan fingerprint density at radius 1 is 1.12 bits per heavy atom. The topological polar surface area (TPSA) is 108 Å². The van der Waals surface area contributed by atoms with Gasteiger partial charge in [-0.25, -0.2) is 9.79 Å². The summed E-state index contributed by atoms with van der Waals surface area (Å²) in [5.74, 6) is -0.849. The smallest absolute Gasteiger partial charge is 0.335 e. The lowest BCUT2D eigenvalue weighted by Gasteiger charge is -2.15. The Balaban J connectivity index is 1.49. The number of hydrogen-bond donors (Lipinski definition) is 2. The van der Waals surface area contributed by atoms with Crippen LogP contribution in [-0.2, 0) is 16.1 Å². The van der Waals surface area contributed by atoms with Gasteiger partial charge in [-0.15, -0.1) is 11.3 Å². The fourth-order valence-electron chi connectivity index (χ4n) is 3.27. The number of rotatable bonds is 8. The number of aromatic carboxylic acids is 1. The van der Waals surface area contributed by atoms with Crippen LogP contribution in [0.2, 0.25) is 0 Å². The molecule has 1 aliphatic heterocycles. The Bertz CT molecular complexity index is 1210. The van der Waals surface area contributed by atoms with E-state index in [9.17, 15) is 14.4 Å². The van der Waals surface area contributed by atoms with E-state index in [4.69, 9.17) is 9.84 Å². The minimum Gasteiger partial charge on any atom is -0.497 e.